The van der Waals surface area contributed by atoms with Crippen LogP contribution in [-0.4, -0.2) is 51.8 Å². The Hall–Kier alpha value is -0.870. The number of hydrogen-bond donors (Lipinski definition) is 4. The lowest BCUT2D eigenvalue weighted by Crippen LogP contribution is -2.38. The van der Waals surface area contributed by atoms with E-state index >= 15 is 0 Å². The fourth-order valence-corrected chi connectivity index (χ4v) is 1.25. The molecule has 0 amide bonds. The normalized spacial score (nSPS) is 21.3. The zero-order valence-corrected chi connectivity index (χ0v) is 8.36. The molecule has 1 saturated heterocycles. The van der Waals surface area contributed by atoms with Crippen LogP contribution in [0.5, 0.6) is 0 Å². The zero-order chi connectivity index (χ0) is 10.1. The lowest BCUT2D eigenvalue weighted by atomic mass is 10.4. The lowest BCUT2D eigenvalue weighted by molar-refractivity contribution is 0.546. The standard InChI is InChI=1S/C9H18N4O/c14-8-9-7-12-4-3-10-1-2-11-5-6-13-9/h10-13H,1-7H2. The number of rotatable bonds is 0. The van der Waals surface area contributed by atoms with Crippen molar-refractivity contribution in [3.8, 4) is 0 Å². The number of carbonyl (C=O) groups excluding carboxylic acids is 1. The first-order valence-electron chi connectivity index (χ1n) is 5.03. The molecule has 1 fully saturated rings. The Morgan fingerprint density at radius 3 is 2.07 bits per heavy atom. The minimum absolute atomic E-state index is 0.575. The molecule has 0 radical (unpaired) electrons. The molecule has 0 bridgehead atoms. The third-order valence-corrected chi connectivity index (χ3v) is 2.02. The van der Waals surface area contributed by atoms with Crippen LogP contribution in [0, 0.1) is 0 Å². The first-order chi connectivity index (χ1) is 6.93. The Labute approximate surface area is 84.3 Å². The van der Waals surface area contributed by atoms with Gasteiger partial charge >= 0.3 is 0 Å². The maximum atomic E-state index is 10.5. The van der Waals surface area contributed by atoms with Crippen molar-refractivity contribution in [1.82, 2.24) is 21.3 Å². The van der Waals surface area contributed by atoms with Crippen LogP contribution in [0.3, 0.4) is 0 Å². The SMILES string of the molecule is O=C=C1CNCCNCCNCCN1. The van der Waals surface area contributed by atoms with Gasteiger partial charge in [-0.2, -0.15) is 0 Å². The van der Waals surface area contributed by atoms with Crippen molar-refractivity contribution in [3.63, 3.8) is 0 Å². The number of nitrogens with one attached hydrogen (secondary N) is 4. The molecule has 0 aromatic heterocycles. The molecule has 1 aliphatic rings. The van der Waals surface area contributed by atoms with Gasteiger partial charge in [0.2, 0.25) is 0 Å². The largest absolute Gasteiger partial charge is 0.377 e. The van der Waals surface area contributed by atoms with Gasteiger partial charge in [0.25, 0.3) is 0 Å². The van der Waals surface area contributed by atoms with Crippen LogP contribution in [0.4, 0.5) is 0 Å². The molecule has 4 N–H and O–H groups in total. The molecule has 1 rings (SSSR count). The van der Waals surface area contributed by atoms with Crippen LogP contribution in [0.2, 0.25) is 0 Å². The van der Waals surface area contributed by atoms with Gasteiger partial charge in [-0.1, -0.05) is 0 Å². The quantitative estimate of drug-likeness (QED) is 0.342. The topological polar surface area (TPSA) is 65.2 Å². The Balaban J connectivity index is 2.27. The highest BCUT2D eigenvalue weighted by atomic mass is 16.1. The molecule has 0 aromatic rings. The van der Waals surface area contributed by atoms with E-state index < -0.39 is 0 Å². The van der Waals surface area contributed by atoms with Gasteiger partial charge in [-0.05, 0) is 0 Å². The Morgan fingerprint density at radius 2 is 1.43 bits per heavy atom. The molecule has 5 heteroatoms. The van der Waals surface area contributed by atoms with Gasteiger partial charge in [0, 0.05) is 45.8 Å². The summed E-state index contributed by atoms with van der Waals surface area (Å²) >= 11 is 0. The molecular formula is C9H18N4O. The maximum absolute atomic E-state index is 10.5. The highest BCUT2D eigenvalue weighted by molar-refractivity contribution is 5.51. The molecule has 14 heavy (non-hydrogen) atoms. The van der Waals surface area contributed by atoms with Gasteiger partial charge in [0.05, 0.1) is 0 Å². The van der Waals surface area contributed by atoms with Crippen molar-refractivity contribution in [1.29, 1.82) is 0 Å². The molecule has 0 atom stereocenters. The second kappa shape index (κ2) is 7.53. The van der Waals surface area contributed by atoms with E-state index in [2.05, 4.69) is 21.3 Å². The monoisotopic (exact) mass is 198 g/mol. The van der Waals surface area contributed by atoms with Crippen molar-refractivity contribution in [2.75, 3.05) is 45.8 Å². The highest BCUT2D eigenvalue weighted by Gasteiger charge is 1.98. The van der Waals surface area contributed by atoms with Gasteiger partial charge < -0.3 is 21.3 Å². The van der Waals surface area contributed by atoms with Crippen molar-refractivity contribution in [2.45, 2.75) is 0 Å². The average molecular weight is 198 g/mol. The second-order valence-corrected chi connectivity index (χ2v) is 3.18. The van der Waals surface area contributed by atoms with E-state index in [1.54, 1.807) is 0 Å². The molecule has 1 aliphatic heterocycles. The third-order valence-electron chi connectivity index (χ3n) is 2.02. The van der Waals surface area contributed by atoms with Crippen LogP contribution in [-0.2, 0) is 4.79 Å². The Morgan fingerprint density at radius 1 is 0.857 bits per heavy atom. The van der Waals surface area contributed by atoms with Crippen LogP contribution in [0.1, 0.15) is 0 Å². The van der Waals surface area contributed by atoms with Crippen LogP contribution < -0.4 is 21.3 Å². The van der Waals surface area contributed by atoms with Crippen LogP contribution in [0.15, 0.2) is 5.70 Å². The smallest absolute Gasteiger partial charge is 0.146 e. The van der Waals surface area contributed by atoms with Crippen LogP contribution in [0.25, 0.3) is 0 Å². The molecule has 0 saturated carbocycles. The molecular weight excluding hydrogens is 180 g/mol. The minimum Gasteiger partial charge on any atom is -0.377 e. The molecule has 0 spiro atoms. The molecule has 0 unspecified atom stereocenters. The summed E-state index contributed by atoms with van der Waals surface area (Å²) < 4.78 is 0. The predicted molar refractivity (Wildman–Crippen MR) is 55.8 cm³/mol. The zero-order valence-electron chi connectivity index (χ0n) is 8.36. The molecule has 0 aliphatic carbocycles. The van der Waals surface area contributed by atoms with E-state index in [0.29, 0.717) is 12.2 Å². The number of hydrogen-bond acceptors (Lipinski definition) is 5. The predicted octanol–water partition coefficient (Wildman–Crippen LogP) is -1.93. The summed E-state index contributed by atoms with van der Waals surface area (Å²) in [6.07, 6.45) is 0. The van der Waals surface area contributed by atoms with Crippen molar-refractivity contribution in [2.24, 2.45) is 0 Å². The maximum Gasteiger partial charge on any atom is 0.146 e. The minimum atomic E-state index is 0.575. The summed E-state index contributed by atoms with van der Waals surface area (Å²) in [5.74, 6) is 1.90. The highest BCUT2D eigenvalue weighted by Crippen LogP contribution is 1.78. The van der Waals surface area contributed by atoms with Gasteiger partial charge in [-0.25, -0.2) is 4.79 Å². The van der Waals surface area contributed by atoms with E-state index in [1.807, 2.05) is 5.94 Å². The van der Waals surface area contributed by atoms with Gasteiger partial charge in [0.15, 0.2) is 0 Å². The van der Waals surface area contributed by atoms with E-state index in [9.17, 15) is 4.79 Å². The van der Waals surface area contributed by atoms with E-state index in [1.165, 1.54) is 0 Å². The first-order valence-corrected chi connectivity index (χ1v) is 5.03. The van der Waals surface area contributed by atoms with E-state index in [4.69, 9.17) is 0 Å². The van der Waals surface area contributed by atoms with E-state index in [-0.39, 0.29) is 0 Å². The average Bonchev–Trinajstić information content (AvgIpc) is 2.19. The molecule has 0 aromatic carbocycles. The van der Waals surface area contributed by atoms with Crippen molar-refractivity contribution in [3.05, 3.63) is 5.70 Å². The molecule has 5 nitrogen and oxygen atoms in total. The second-order valence-electron chi connectivity index (χ2n) is 3.18. The first kappa shape index (κ1) is 11.2. The van der Waals surface area contributed by atoms with Crippen molar-refractivity contribution >= 4 is 5.94 Å². The summed E-state index contributed by atoms with van der Waals surface area (Å²) in [6, 6.07) is 0. The molecule has 80 valence electrons. The Kier molecular flexibility index (Phi) is 6.02. The summed E-state index contributed by atoms with van der Waals surface area (Å²) in [5.41, 5.74) is 0.604. The third kappa shape index (κ3) is 4.99. The van der Waals surface area contributed by atoms with Gasteiger partial charge in [-0.3, -0.25) is 0 Å². The molecule has 1 heterocycles. The van der Waals surface area contributed by atoms with Gasteiger partial charge in [0.1, 0.15) is 11.6 Å². The fourth-order valence-electron chi connectivity index (χ4n) is 1.25. The summed E-state index contributed by atoms with van der Waals surface area (Å²) in [7, 11) is 0. The fraction of sp³-hybridized carbons (Fsp3) is 0.778. The van der Waals surface area contributed by atoms with Gasteiger partial charge in [-0.15, -0.1) is 0 Å². The van der Waals surface area contributed by atoms with Crippen molar-refractivity contribution < 1.29 is 4.79 Å². The van der Waals surface area contributed by atoms with Crippen LogP contribution >= 0.6 is 0 Å². The summed E-state index contributed by atoms with van der Waals surface area (Å²) in [6.45, 7) is 5.95. The Bertz CT molecular complexity index is 187. The summed E-state index contributed by atoms with van der Waals surface area (Å²) in [5, 5.41) is 12.7. The summed E-state index contributed by atoms with van der Waals surface area (Å²) in [4.78, 5) is 10.5. The van der Waals surface area contributed by atoms with E-state index in [0.717, 1.165) is 39.3 Å². The lowest BCUT2D eigenvalue weighted by Gasteiger charge is -2.12.